The number of aryl methyl sites for hydroxylation is 2. The molecule has 2 aromatic rings. The quantitative estimate of drug-likeness (QED) is 0.898. The number of anilines is 1. The molecular weight excluding hydrogens is 226 g/mol. The van der Waals surface area contributed by atoms with Crippen molar-refractivity contribution in [2.75, 3.05) is 11.9 Å². The van der Waals surface area contributed by atoms with Crippen LogP contribution in [-0.4, -0.2) is 26.1 Å². The molecule has 0 aliphatic carbocycles. The van der Waals surface area contributed by atoms with E-state index in [4.69, 9.17) is 0 Å². The van der Waals surface area contributed by atoms with Crippen LogP contribution in [0.15, 0.2) is 12.5 Å². The van der Waals surface area contributed by atoms with Gasteiger partial charge >= 0.3 is 0 Å². The Morgan fingerprint density at radius 1 is 1.28 bits per heavy atom. The normalized spacial score (nSPS) is 10.7. The molecule has 2 aromatic heterocycles. The van der Waals surface area contributed by atoms with E-state index in [9.17, 15) is 0 Å². The van der Waals surface area contributed by atoms with Gasteiger partial charge in [0, 0.05) is 24.8 Å². The molecule has 0 bridgehead atoms. The number of imidazole rings is 1. The van der Waals surface area contributed by atoms with Crippen LogP contribution in [0.1, 0.15) is 24.6 Å². The maximum absolute atomic E-state index is 4.59. The van der Waals surface area contributed by atoms with Crippen LogP contribution in [0.2, 0.25) is 0 Å². The number of hydrogen-bond acceptors (Lipinski definition) is 4. The van der Waals surface area contributed by atoms with Crippen molar-refractivity contribution < 1.29 is 0 Å². The van der Waals surface area contributed by atoms with Crippen LogP contribution in [0.4, 0.5) is 5.82 Å². The molecule has 0 saturated carbocycles. The highest BCUT2D eigenvalue weighted by Crippen LogP contribution is 2.20. The Kier molecular flexibility index (Phi) is 3.60. The minimum atomic E-state index is 0.719. The molecule has 0 amide bonds. The summed E-state index contributed by atoms with van der Waals surface area (Å²) in [5.74, 6) is 1.64. The van der Waals surface area contributed by atoms with Crippen molar-refractivity contribution in [2.24, 2.45) is 7.05 Å². The number of aromatic nitrogens is 4. The zero-order valence-corrected chi connectivity index (χ0v) is 11.4. The lowest BCUT2D eigenvalue weighted by Gasteiger charge is -2.11. The predicted octanol–water partition coefficient (Wildman–Crippen LogP) is 2.32. The molecule has 0 saturated heterocycles. The fourth-order valence-electron chi connectivity index (χ4n) is 1.73. The molecule has 1 N–H and O–H groups in total. The first-order valence-electron chi connectivity index (χ1n) is 6.19. The molecule has 0 radical (unpaired) electrons. The molecule has 0 aliphatic rings. The van der Waals surface area contributed by atoms with Gasteiger partial charge in [-0.15, -0.1) is 0 Å². The van der Waals surface area contributed by atoms with Crippen LogP contribution in [0, 0.1) is 13.8 Å². The Morgan fingerprint density at radius 3 is 2.67 bits per heavy atom. The molecule has 96 valence electrons. The highest BCUT2D eigenvalue weighted by Gasteiger charge is 2.11. The summed E-state index contributed by atoms with van der Waals surface area (Å²) in [4.78, 5) is 13.2. The third-order valence-electron chi connectivity index (χ3n) is 2.98. The Morgan fingerprint density at radius 2 is 2.06 bits per heavy atom. The van der Waals surface area contributed by atoms with E-state index >= 15 is 0 Å². The van der Waals surface area contributed by atoms with Crippen molar-refractivity contribution in [2.45, 2.75) is 27.2 Å². The summed E-state index contributed by atoms with van der Waals surface area (Å²) < 4.78 is 1.92. The van der Waals surface area contributed by atoms with Crippen LogP contribution in [0.3, 0.4) is 0 Å². The second-order valence-corrected chi connectivity index (χ2v) is 4.42. The monoisotopic (exact) mass is 245 g/mol. The third-order valence-corrected chi connectivity index (χ3v) is 2.98. The van der Waals surface area contributed by atoms with Crippen molar-refractivity contribution in [3.63, 3.8) is 0 Å². The molecule has 0 unspecified atom stereocenters. The summed E-state index contributed by atoms with van der Waals surface area (Å²) in [7, 11) is 1.94. The Bertz CT molecular complexity index is 544. The van der Waals surface area contributed by atoms with Crippen LogP contribution >= 0.6 is 0 Å². The van der Waals surface area contributed by atoms with Crippen molar-refractivity contribution in [1.82, 2.24) is 19.5 Å². The number of rotatable bonds is 4. The van der Waals surface area contributed by atoms with Gasteiger partial charge in [-0.25, -0.2) is 15.0 Å². The highest BCUT2D eigenvalue weighted by molar-refractivity contribution is 5.56. The first-order chi connectivity index (χ1) is 8.63. The third kappa shape index (κ3) is 2.34. The van der Waals surface area contributed by atoms with E-state index in [0.717, 1.165) is 41.6 Å². The van der Waals surface area contributed by atoms with E-state index in [1.54, 1.807) is 12.5 Å². The van der Waals surface area contributed by atoms with Gasteiger partial charge in [-0.3, -0.25) is 0 Å². The Hall–Kier alpha value is -1.91. The lowest BCUT2D eigenvalue weighted by atomic mass is 10.2. The van der Waals surface area contributed by atoms with E-state index in [1.165, 1.54) is 0 Å². The molecule has 5 nitrogen and oxygen atoms in total. The van der Waals surface area contributed by atoms with E-state index in [1.807, 2.05) is 25.5 Å². The van der Waals surface area contributed by atoms with Crippen molar-refractivity contribution in [1.29, 1.82) is 0 Å². The minimum absolute atomic E-state index is 0.719. The van der Waals surface area contributed by atoms with E-state index in [-0.39, 0.29) is 0 Å². The average molecular weight is 245 g/mol. The van der Waals surface area contributed by atoms with Crippen LogP contribution in [0.5, 0.6) is 0 Å². The van der Waals surface area contributed by atoms with Gasteiger partial charge in [0.05, 0.1) is 12.5 Å². The van der Waals surface area contributed by atoms with E-state index in [2.05, 4.69) is 27.2 Å². The van der Waals surface area contributed by atoms with Gasteiger partial charge in [-0.2, -0.15) is 0 Å². The molecule has 18 heavy (non-hydrogen) atoms. The largest absolute Gasteiger partial charge is 0.370 e. The molecule has 0 aromatic carbocycles. The van der Waals surface area contributed by atoms with E-state index in [0.29, 0.717) is 0 Å². The fraction of sp³-hybridized carbons (Fsp3) is 0.462. The van der Waals surface area contributed by atoms with Crippen LogP contribution in [0.25, 0.3) is 11.5 Å². The molecule has 0 atom stereocenters. The SMILES string of the molecule is CCCNc1nc(-c2cncn2C)nc(C)c1C. The van der Waals surface area contributed by atoms with E-state index < -0.39 is 0 Å². The summed E-state index contributed by atoms with van der Waals surface area (Å²) in [5.41, 5.74) is 3.03. The van der Waals surface area contributed by atoms with Crippen molar-refractivity contribution >= 4 is 5.82 Å². The van der Waals surface area contributed by atoms with Gasteiger partial charge < -0.3 is 9.88 Å². The van der Waals surface area contributed by atoms with Crippen LogP contribution < -0.4 is 5.32 Å². The second-order valence-electron chi connectivity index (χ2n) is 4.42. The number of hydrogen-bond donors (Lipinski definition) is 1. The summed E-state index contributed by atoms with van der Waals surface area (Å²) in [5, 5.41) is 3.34. The van der Waals surface area contributed by atoms with Crippen molar-refractivity contribution in [3.05, 3.63) is 23.8 Å². The summed E-state index contributed by atoms with van der Waals surface area (Å²) in [6.45, 7) is 7.11. The van der Waals surface area contributed by atoms with Gasteiger partial charge in [0.2, 0.25) is 0 Å². The molecule has 2 heterocycles. The standard InChI is InChI=1S/C13H19N5/c1-5-6-15-12-9(2)10(3)16-13(17-12)11-7-14-8-18(11)4/h7-8H,5-6H2,1-4H3,(H,15,16,17). The van der Waals surface area contributed by atoms with Gasteiger partial charge in [0.15, 0.2) is 5.82 Å². The van der Waals surface area contributed by atoms with Crippen LogP contribution in [-0.2, 0) is 7.05 Å². The molecular formula is C13H19N5. The molecule has 0 fully saturated rings. The van der Waals surface area contributed by atoms with Gasteiger partial charge in [0.1, 0.15) is 11.5 Å². The lowest BCUT2D eigenvalue weighted by Crippen LogP contribution is -2.08. The summed E-state index contributed by atoms with van der Waals surface area (Å²) in [6.07, 6.45) is 4.62. The zero-order chi connectivity index (χ0) is 13.1. The van der Waals surface area contributed by atoms with Gasteiger partial charge in [-0.1, -0.05) is 6.92 Å². The molecule has 2 rings (SSSR count). The fourth-order valence-corrected chi connectivity index (χ4v) is 1.73. The number of nitrogens with zero attached hydrogens (tertiary/aromatic N) is 4. The zero-order valence-electron chi connectivity index (χ0n) is 11.4. The van der Waals surface area contributed by atoms with Gasteiger partial charge in [-0.05, 0) is 20.3 Å². The predicted molar refractivity (Wildman–Crippen MR) is 72.5 cm³/mol. The van der Waals surface area contributed by atoms with Gasteiger partial charge in [0.25, 0.3) is 0 Å². The number of nitrogens with one attached hydrogen (secondary N) is 1. The lowest BCUT2D eigenvalue weighted by molar-refractivity contribution is 0.900. The smallest absolute Gasteiger partial charge is 0.180 e. The summed E-state index contributed by atoms with van der Waals surface area (Å²) >= 11 is 0. The maximum atomic E-state index is 4.59. The highest BCUT2D eigenvalue weighted by atomic mass is 15.1. The average Bonchev–Trinajstić information content (AvgIpc) is 2.77. The first kappa shape index (κ1) is 12.5. The first-order valence-corrected chi connectivity index (χ1v) is 6.19. The second kappa shape index (κ2) is 5.16. The Balaban J connectivity index is 2.44. The summed E-state index contributed by atoms with van der Waals surface area (Å²) in [6, 6.07) is 0. The topological polar surface area (TPSA) is 55.6 Å². The maximum Gasteiger partial charge on any atom is 0.180 e. The molecule has 0 spiro atoms. The Labute approximate surface area is 107 Å². The molecule has 0 aliphatic heterocycles. The minimum Gasteiger partial charge on any atom is -0.370 e. The molecule has 5 heteroatoms. The van der Waals surface area contributed by atoms with Crippen molar-refractivity contribution in [3.8, 4) is 11.5 Å².